The topological polar surface area (TPSA) is 90.1 Å². The number of aromatic carboxylic acids is 1. The standard InChI is InChI=1S/C10H6F4N4O3/c11-5-1-4(18-3-6(10(19)20)16-17-18)2-15-9(5)21-8(14)7(12)13/h1-3,7-8H,(H,19,20). The van der Waals surface area contributed by atoms with E-state index < -0.39 is 36.1 Å². The third kappa shape index (κ3) is 3.24. The summed E-state index contributed by atoms with van der Waals surface area (Å²) in [5, 5.41) is 15.4. The van der Waals surface area contributed by atoms with E-state index in [1.807, 2.05) is 0 Å². The van der Waals surface area contributed by atoms with Gasteiger partial charge in [-0.25, -0.2) is 27.6 Å². The average Bonchev–Trinajstić information content (AvgIpc) is 2.90. The van der Waals surface area contributed by atoms with Gasteiger partial charge in [0.1, 0.15) is 0 Å². The molecule has 7 nitrogen and oxygen atoms in total. The minimum absolute atomic E-state index is 0.0488. The van der Waals surface area contributed by atoms with E-state index in [1.165, 1.54) is 0 Å². The first-order chi connectivity index (χ1) is 9.88. The fourth-order valence-electron chi connectivity index (χ4n) is 1.27. The molecular formula is C10H6F4N4O3. The molecule has 0 bridgehead atoms. The van der Waals surface area contributed by atoms with Crippen LogP contribution in [0.4, 0.5) is 17.6 Å². The van der Waals surface area contributed by atoms with Crippen molar-refractivity contribution in [1.29, 1.82) is 0 Å². The van der Waals surface area contributed by atoms with Crippen molar-refractivity contribution in [3.63, 3.8) is 0 Å². The molecule has 0 saturated heterocycles. The molecule has 0 radical (unpaired) electrons. The van der Waals surface area contributed by atoms with Crippen LogP contribution in [0.2, 0.25) is 0 Å². The summed E-state index contributed by atoms with van der Waals surface area (Å²) in [6.07, 6.45) is -4.55. The molecule has 0 aliphatic carbocycles. The fourth-order valence-corrected chi connectivity index (χ4v) is 1.27. The quantitative estimate of drug-likeness (QED) is 0.841. The molecule has 0 amide bonds. The largest absolute Gasteiger partial charge is 0.476 e. The number of halogens is 4. The van der Waals surface area contributed by atoms with Crippen LogP contribution in [0.15, 0.2) is 18.5 Å². The van der Waals surface area contributed by atoms with E-state index in [2.05, 4.69) is 20.0 Å². The molecule has 0 saturated carbocycles. The van der Waals surface area contributed by atoms with Gasteiger partial charge in [0, 0.05) is 6.07 Å². The van der Waals surface area contributed by atoms with Gasteiger partial charge in [0.2, 0.25) is 0 Å². The summed E-state index contributed by atoms with van der Waals surface area (Å²) in [6, 6.07) is 0.751. The number of carboxylic acids is 1. The number of hydrogen-bond donors (Lipinski definition) is 1. The normalized spacial score (nSPS) is 12.4. The number of rotatable bonds is 5. The van der Waals surface area contributed by atoms with E-state index in [9.17, 15) is 22.4 Å². The van der Waals surface area contributed by atoms with Gasteiger partial charge in [-0.15, -0.1) is 5.10 Å². The molecule has 0 aromatic carbocycles. The van der Waals surface area contributed by atoms with Crippen LogP contribution < -0.4 is 4.74 Å². The van der Waals surface area contributed by atoms with Crippen molar-refractivity contribution in [2.45, 2.75) is 12.8 Å². The van der Waals surface area contributed by atoms with Crippen molar-refractivity contribution >= 4 is 5.97 Å². The molecule has 21 heavy (non-hydrogen) atoms. The number of alkyl halides is 3. The van der Waals surface area contributed by atoms with Crippen LogP contribution in [0.1, 0.15) is 10.5 Å². The zero-order valence-electron chi connectivity index (χ0n) is 9.95. The van der Waals surface area contributed by atoms with E-state index in [1.54, 1.807) is 0 Å². The second-order valence-corrected chi connectivity index (χ2v) is 3.64. The lowest BCUT2D eigenvalue weighted by molar-refractivity contribution is -0.0707. The highest BCUT2D eigenvalue weighted by molar-refractivity contribution is 5.84. The van der Waals surface area contributed by atoms with Crippen LogP contribution >= 0.6 is 0 Å². The molecule has 2 aromatic heterocycles. The zero-order valence-corrected chi connectivity index (χ0v) is 9.95. The molecule has 1 N–H and O–H groups in total. The Labute approximate surface area is 113 Å². The molecule has 0 spiro atoms. The van der Waals surface area contributed by atoms with Crippen molar-refractivity contribution in [3.8, 4) is 11.6 Å². The third-order valence-corrected chi connectivity index (χ3v) is 2.19. The molecule has 11 heteroatoms. The number of carbonyl (C=O) groups is 1. The van der Waals surface area contributed by atoms with Gasteiger partial charge in [0.25, 0.3) is 12.2 Å². The van der Waals surface area contributed by atoms with Gasteiger partial charge in [-0.2, -0.15) is 4.39 Å². The van der Waals surface area contributed by atoms with E-state index in [0.29, 0.717) is 0 Å². The fraction of sp³-hybridized carbons (Fsp3) is 0.200. The summed E-state index contributed by atoms with van der Waals surface area (Å²) in [5.41, 5.74) is -0.440. The summed E-state index contributed by atoms with van der Waals surface area (Å²) < 4.78 is 55.0. The number of aromatic nitrogens is 4. The van der Waals surface area contributed by atoms with E-state index in [0.717, 1.165) is 23.1 Å². The van der Waals surface area contributed by atoms with Crippen LogP contribution in [0.25, 0.3) is 5.69 Å². The molecular weight excluding hydrogens is 300 g/mol. The Morgan fingerprint density at radius 3 is 2.62 bits per heavy atom. The lowest BCUT2D eigenvalue weighted by Crippen LogP contribution is -2.20. The van der Waals surface area contributed by atoms with Crippen molar-refractivity contribution in [3.05, 3.63) is 30.0 Å². The Morgan fingerprint density at radius 1 is 1.38 bits per heavy atom. The van der Waals surface area contributed by atoms with Crippen molar-refractivity contribution in [2.75, 3.05) is 0 Å². The van der Waals surface area contributed by atoms with Crippen LogP contribution in [0.5, 0.6) is 5.88 Å². The highest BCUT2D eigenvalue weighted by Gasteiger charge is 2.23. The first-order valence-electron chi connectivity index (χ1n) is 5.29. The molecule has 0 aliphatic heterocycles. The van der Waals surface area contributed by atoms with Crippen molar-refractivity contribution in [2.24, 2.45) is 0 Å². The smallest absolute Gasteiger partial charge is 0.358 e. The van der Waals surface area contributed by atoms with Gasteiger partial charge < -0.3 is 9.84 Å². The Morgan fingerprint density at radius 2 is 2.10 bits per heavy atom. The molecule has 2 heterocycles. The lowest BCUT2D eigenvalue weighted by atomic mass is 10.4. The predicted molar refractivity (Wildman–Crippen MR) is 57.6 cm³/mol. The second-order valence-electron chi connectivity index (χ2n) is 3.64. The van der Waals surface area contributed by atoms with E-state index in [4.69, 9.17) is 5.11 Å². The van der Waals surface area contributed by atoms with Gasteiger partial charge in [-0.3, -0.25) is 0 Å². The van der Waals surface area contributed by atoms with Gasteiger partial charge >= 0.3 is 12.4 Å². The average molecular weight is 306 g/mol. The molecule has 1 unspecified atom stereocenters. The third-order valence-electron chi connectivity index (χ3n) is 2.19. The predicted octanol–water partition coefficient (Wildman–Crippen LogP) is 1.44. The first-order valence-corrected chi connectivity index (χ1v) is 5.29. The van der Waals surface area contributed by atoms with E-state index in [-0.39, 0.29) is 5.69 Å². The Balaban J connectivity index is 2.23. The minimum Gasteiger partial charge on any atom is -0.476 e. The monoisotopic (exact) mass is 306 g/mol. The van der Waals surface area contributed by atoms with Gasteiger partial charge in [0.15, 0.2) is 11.5 Å². The maximum atomic E-state index is 13.5. The summed E-state index contributed by atoms with van der Waals surface area (Å²) in [4.78, 5) is 13.9. The Hall–Kier alpha value is -2.72. The maximum Gasteiger partial charge on any atom is 0.358 e. The van der Waals surface area contributed by atoms with Crippen LogP contribution in [0.3, 0.4) is 0 Å². The van der Waals surface area contributed by atoms with Gasteiger partial charge in [-0.05, 0) is 0 Å². The number of carboxylic acid groups (broad SMARTS) is 1. The number of nitrogens with zero attached hydrogens (tertiary/aromatic N) is 4. The highest BCUT2D eigenvalue weighted by atomic mass is 19.3. The van der Waals surface area contributed by atoms with Gasteiger partial charge in [-0.1, -0.05) is 5.21 Å². The number of hydrogen-bond acceptors (Lipinski definition) is 5. The minimum atomic E-state index is -3.45. The molecule has 0 fully saturated rings. The zero-order chi connectivity index (χ0) is 15.6. The highest BCUT2D eigenvalue weighted by Crippen LogP contribution is 2.20. The summed E-state index contributed by atoms with van der Waals surface area (Å²) in [7, 11) is 0. The first kappa shape index (κ1) is 14.7. The van der Waals surface area contributed by atoms with Crippen molar-refractivity contribution < 1.29 is 32.2 Å². The molecule has 2 rings (SSSR count). The Bertz CT molecular complexity index is 664. The molecule has 112 valence electrons. The number of ether oxygens (including phenoxy) is 1. The van der Waals surface area contributed by atoms with Crippen LogP contribution in [-0.2, 0) is 0 Å². The molecule has 1 atom stereocenters. The summed E-state index contributed by atoms with van der Waals surface area (Å²) >= 11 is 0. The van der Waals surface area contributed by atoms with Crippen molar-refractivity contribution in [1.82, 2.24) is 20.0 Å². The van der Waals surface area contributed by atoms with Crippen LogP contribution in [-0.4, -0.2) is 43.8 Å². The SMILES string of the molecule is O=C(O)c1cn(-c2cnc(OC(F)C(F)F)c(F)c2)nn1. The van der Waals surface area contributed by atoms with E-state index >= 15 is 0 Å². The van der Waals surface area contributed by atoms with Gasteiger partial charge in [0.05, 0.1) is 18.1 Å². The summed E-state index contributed by atoms with van der Waals surface area (Å²) in [5.74, 6) is -3.51. The Kier molecular flexibility index (Phi) is 4.00. The van der Waals surface area contributed by atoms with Crippen LogP contribution in [0, 0.1) is 5.82 Å². The molecule has 0 aliphatic rings. The maximum absolute atomic E-state index is 13.5. The second kappa shape index (κ2) is 5.73. The lowest BCUT2D eigenvalue weighted by Gasteiger charge is -2.10. The molecule has 2 aromatic rings. The summed E-state index contributed by atoms with van der Waals surface area (Å²) in [6.45, 7) is 0. The number of pyridine rings is 1.